The lowest BCUT2D eigenvalue weighted by Gasteiger charge is -2.07. The zero-order chi connectivity index (χ0) is 12.3. The van der Waals surface area contributed by atoms with Crippen LogP contribution in [0.5, 0.6) is 0 Å². The van der Waals surface area contributed by atoms with Gasteiger partial charge in [0.25, 0.3) is 5.91 Å². The van der Waals surface area contributed by atoms with Crippen molar-refractivity contribution in [3.8, 4) is 0 Å². The van der Waals surface area contributed by atoms with Crippen molar-refractivity contribution in [3.05, 3.63) is 34.1 Å². The van der Waals surface area contributed by atoms with Gasteiger partial charge >= 0.3 is 0 Å². The maximum absolute atomic E-state index is 12.8. The van der Waals surface area contributed by atoms with Gasteiger partial charge in [0, 0.05) is 23.6 Å². The third kappa shape index (κ3) is 3.78. The van der Waals surface area contributed by atoms with Gasteiger partial charge in [-0.1, -0.05) is 0 Å². The molecule has 1 aliphatic carbocycles. The molecule has 0 radical (unpaired) electrons. The van der Waals surface area contributed by atoms with Gasteiger partial charge in [-0.3, -0.25) is 4.79 Å². The molecule has 0 spiro atoms. The highest BCUT2D eigenvalue weighted by Crippen LogP contribution is 2.18. The van der Waals surface area contributed by atoms with Gasteiger partial charge in [0.1, 0.15) is 5.82 Å². The van der Waals surface area contributed by atoms with E-state index >= 15 is 0 Å². The van der Waals surface area contributed by atoms with Gasteiger partial charge in [-0.15, -0.1) is 0 Å². The second-order valence-electron chi connectivity index (χ2n) is 4.11. The van der Waals surface area contributed by atoms with Crippen LogP contribution in [0.15, 0.2) is 22.7 Å². The summed E-state index contributed by atoms with van der Waals surface area (Å²) in [6.45, 7) is 1.36. The lowest BCUT2D eigenvalue weighted by molar-refractivity contribution is 0.0953. The molecule has 17 heavy (non-hydrogen) atoms. The van der Waals surface area contributed by atoms with Gasteiger partial charge in [-0.05, 0) is 47.0 Å². The van der Waals surface area contributed by atoms with Crippen LogP contribution in [0.3, 0.4) is 0 Å². The molecule has 5 heteroatoms. The summed E-state index contributed by atoms with van der Waals surface area (Å²) >= 11 is 3.17. The predicted octanol–water partition coefficient (Wildman–Crippen LogP) is 2.07. The molecule has 0 saturated heterocycles. The number of nitrogens with one attached hydrogen (secondary N) is 2. The van der Waals surface area contributed by atoms with E-state index in [1.54, 1.807) is 0 Å². The van der Waals surface area contributed by atoms with E-state index in [2.05, 4.69) is 26.6 Å². The lowest BCUT2D eigenvalue weighted by Crippen LogP contribution is -2.32. The average molecular weight is 301 g/mol. The van der Waals surface area contributed by atoms with E-state index in [4.69, 9.17) is 0 Å². The summed E-state index contributed by atoms with van der Waals surface area (Å²) in [5, 5.41) is 6.09. The fourth-order valence-corrected chi connectivity index (χ4v) is 2.04. The van der Waals surface area contributed by atoms with Gasteiger partial charge in [-0.2, -0.15) is 0 Å². The first-order chi connectivity index (χ1) is 8.16. The quantitative estimate of drug-likeness (QED) is 0.818. The number of carbonyl (C=O) groups is 1. The Morgan fingerprint density at radius 2 is 2.18 bits per heavy atom. The smallest absolute Gasteiger partial charge is 0.252 e. The topological polar surface area (TPSA) is 41.1 Å². The minimum atomic E-state index is -0.358. The largest absolute Gasteiger partial charge is 0.351 e. The Morgan fingerprint density at radius 3 is 2.82 bits per heavy atom. The van der Waals surface area contributed by atoms with Crippen molar-refractivity contribution in [2.45, 2.75) is 18.9 Å². The minimum absolute atomic E-state index is 0.186. The molecule has 1 fully saturated rings. The monoisotopic (exact) mass is 300 g/mol. The van der Waals surface area contributed by atoms with Crippen LogP contribution in [0.2, 0.25) is 0 Å². The minimum Gasteiger partial charge on any atom is -0.351 e. The highest BCUT2D eigenvalue weighted by molar-refractivity contribution is 9.10. The van der Waals surface area contributed by atoms with Crippen LogP contribution in [0.1, 0.15) is 23.2 Å². The number of halogens is 2. The van der Waals surface area contributed by atoms with E-state index in [0.29, 0.717) is 22.6 Å². The Hall–Kier alpha value is -0.940. The van der Waals surface area contributed by atoms with E-state index in [1.165, 1.54) is 31.0 Å². The van der Waals surface area contributed by atoms with Crippen molar-refractivity contribution >= 4 is 21.8 Å². The van der Waals surface area contributed by atoms with Crippen LogP contribution in [-0.4, -0.2) is 25.0 Å². The molecule has 1 aromatic carbocycles. The summed E-state index contributed by atoms with van der Waals surface area (Å²) in [6, 6.07) is 4.69. The molecule has 92 valence electrons. The fraction of sp³-hybridized carbons (Fsp3) is 0.417. The molecule has 0 heterocycles. The fourth-order valence-electron chi connectivity index (χ4n) is 1.51. The Labute approximate surface area is 108 Å². The molecule has 2 rings (SSSR count). The standard InChI is InChI=1S/C12H14BrFN2O/c13-11-7-8(14)1-4-10(11)12(17)16-6-5-15-9-2-3-9/h1,4,7,9,15H,2-3,5-6H2,(H,16,17). The van der Waals surface area contributed by atoms with E-state index in [1.807, 2.05) is 0 Å². The van der Waals surface area contributed by atoms with Crippen LogP contribution in [0.4, 0.5) is 4.39 Å². The van der Waals surface area contributed by atoms with E-state index < -0.39 is 0 Å². The molecule has 0 bridgehead atoms. The number of carbonyl (C=O) groups excluding carboxylic acids is 1. The summed E-state index contributed by atoms with van der Waals surface area (Å²) in [5.74, 6) is -0.543. The molecule has 2 N–H and O–H groups in total. The van der Waals surface area contributed by atoms with Crippen LogP contribution >= 0.6 is 15.9 Å². The molecule has 0 aliphatic heterocycles. The van der Waals surface area contributed by atoms with Gasteiger partial charge in [0.15, 0.2) is 0 Å². The normalized spacial score (nSPS) is 14.7. The maximum Gasteiger partial charge on any atom is 0.252 e. The molecule has 0 aromatic heterocycles. The molecule has 1 saturated carbocycles. The molecule has 1 aliphatic rings. The average Bonchev–Trinajstić information content (AvgIpc) is 3.08. The molecule has 0 atom stereocenters. The molecule has 3 nitrogen and oxygen atoms in total. The lowest BCUT2D eigenvalue weighted by atomic mass is 10.2. The number of amides is 1. The Morgan fingerprint density at radius 1 is 1.41 bits per heavy atom. The van der Waals surface area contributed by atoms with Crippen molar-refractivity contribution in [2.24, 2.45) is 0 Å². The maximum atomic E-state index is 12.8. The molecular weight excluding hydrogens is 287 g/mol. The van der Waals surface area contributed by atoms with Crippen molar-refractivity contribution in [1.29, 1.82) is 0 Å². The first-order valence-electron chi connectivity index (χ1n) is 5.63. The highest BCUT2D eigenvalue weighted by atomic mass is 79.9. The van der Waals surface area contributed by atoms with Crippen LogP contribution in [-0.2, 0) is 0 Å². The summed E-state index contributed by atoms with van der Waals surface area (Å²) in [7, 11) is 0. The van der Waals surface area contributed by atoms with Crippen molar-refractivity contribution < 1.29 is 9.18 Å². The third-order valence-corrected chi connectivity index (χ3v) is 3.25. The van der Waals surface area contributed by atoms with Crippen molar-refractivity contribution in [1.82, 2.24) is 10.6 Å². The van der Waals surface area contributed by atoms with Gasteiger partial charge in [0.2, 0.25) is 0 Å². The number of rotatable bonds is 5. The Bertz CT molecular complexity index is 421. The second-order valence-corrected chi connectivity index (χ2v) is 4.96. The van der Waals surface area contributed by atoms with Crippen LogP contribution in [0, 0.1) is 5.82 Å². The molecule has 0 unspecified atom stereocenters. The molecule has 1 amide bonds. The SMILES string of the molecule is O=C(NCCNC1CC1)c1ccc(F)cc1Br. The van der Waals surface area contributed by atoms with Crippen molar-refractivity contribution in [3.63, 3.8) is 0 Å². The van der Waals surface area contributed by atoms with Crippen molar-refractivity contribution in [2.75, 3.05) is 13.1 Å². The number of benzene rings is 1. The zero-order valence-corrected chi connectivity index (χ0v) is 10.9. The third-order valence-electron chi connectivity index (χ3n) is 2.60. The zero-order valence-electron chi connectivity index (χ0n) is 9.30. The molecular formula is C12H14BrFN2O. The van der Waals surface area contributed by atoms with E-state index in [0.717, 1.165) is 6.54 Å². The number of hydrogen-bond acceptors (Lipinski definition) is 2. The predicted molar refractivity (Wildman–Crippen MR) is 67.5 cm³/mol. The summed E-state index contributed by atoms with van der Waals surface area (Å²) in [4.78, 5) is 11.7. The highest BCUT2D eigenvalue weighted by Gasteiger charge is 2.19. The van der Waals surface area contributed by atoms with E-state index in [-0.39, 0.29) is 11.7 Å². The van der Waals surface area contributed by atoms with Crippen LogP contribution in [0.25, 0.3) is 0 Å². The van der Waals surface area contributed by atoms with Crippen LogP contribution < -0.4 is 10.6 Å². The summed E-state index contributed by atoms with van der Waals surface area (Å²) in [5.41, 5.74) is 0.456. The van der Waals surface area contributed by atoms with Gasteiger partial charge < -0.3 is 10.6 Å². The first kappa shape index (κ1) is 12.5. The van der Waals surface area contributed by atoms with Gasteiger partial charge in [-0.25, -0.2) is 4.39 Å². The number of hydrogen-bond donors (Lipinski definition) is 2. The first-order valence-corrected chi connectivity index (χ1v) is 6.43. The Kier molecular flexibility index (Phi) is 4.12. The van der Waals surface area contributed by atoms with E-state index in [9.17, 15) is 9.18 Å². The Balaban J connectivity index is 1.81. The second kappa shape index (κ2) is 5.60. The summed E-state index contributed by atoms with van der Waals surface area (Å²) in [6.07, 6.45) is 2.47. The molecule has 1 aromatic rings. The van der Waals surface area contributed by atoms with Gasteiger partial charge in [0.05, 0.1) is 5.56 Å². The summed E-state index contributed by atoms with van der Waals surface area (Å²) < 4.78 is 13.3.